The number of fused-ring (bicyclic) bond motifs is 3. The van der Waals surface area contributed by atoms with Crippen LogP contribution in [0.4, 0.5) is 5.69 Å². The molecule has 1 N–H and O–H groups in total. The van der Waals surface area contributed by atoms with Crippen LogP contribution >= 0.6 is 39.1 Å². The molecule has 192 valence electrons. The molecule has 0 aromatic heterocycles. The third-order valence-corrected chi connectivity index (χ3v) is 8.64. The summed E-state index contributed by atoms with van der Waals surface area (Å²) in [4.78, 5) is 0. The minimum atomic E-state index is 0.134. The van der Waals surface area contributed by atoms with Gasteiger partial charge in [-0.25, -0.2) is 0 Å². The number of hydrogen-bond acceptors (Lipinski definition) is 3. The van der Waals surface area contributed by atoms with Crippen molar-refractivity contribution in [1.82, 2.24) is 0 Å². The van der Waals surface area contributed by atoms with Crippen LogP contribution in [0.2, 0.25) is 10.0 Å². The smallest absolute Gasteiger partial charge is 0.175 e. The van der Waals surface area contributed by atoms with Crippen LogP contribution in [0.25, 0.3) is 11.1 Å². The first-order chi connectivity index (χ1) is 18.5. The average molecular weight is 607 g/mol. The van der Waals surface area contributed by atoms with Crippen LogP contribution in [-0.4, -0.2) is 7.11 Å². The molecule has 0 saturated carbocycles. The fourth-order valence-electron chi connectivity index (χ4n) is 5.58. The lowest BCUT2D eigenvalue weighted by molar-refractivity contribution is 0.282. The van der Waals surface area contributed by atoms with E-state index in [4.69, 9.17) is 32.7 Å². The molecule has 3 nitrogen and oxygen atoms in total. The third kappa shape index (κ3) is 4.82. The van der Waals surface area contributed by atoms with Crippen LogP contribution in [0.15, 0.2) is 95.5 Å². The van der Waals surface area contributed by atoms with Gasteiger partial charge in [0.25, 0.3) is 0 Å². The van der Waals surface area contributed by atoms with Crippen molar-refractivity contribution in [3.05, 3.63) is 122 Å². The largest absolute Gasteiger partial charge is 0.493 e. The Hall–Kier alpha value is -2.92. The zero-order chi connectivity index (χ0) is 26.2. The standard InChI is InChI=1S/C32H26BrCl2NO2/c1-37-30-16-22(15-27(33)32(30)38-18-21-10-12-23(34)17-28(21)35)31-25-9-5-8-24(25)26-14-20(11-13-29(26)36-31)19-6-3-2-4-7-19/h2-8,10-17,24-25,31,36H,9,18H2,1H3/t24-,25+,31+/m1/s1. The number of anilines is 1. The highest BCUT2D eigenvalue weighted by Gasteiger charge is 2.38. The maximum Gasteiger partial charge on any atom is 0.175 e. The molecule has 3 atom stereocenters. The highest BCUT2D eigenvalue weighted by molar-refractivity contribution is 9.10. The van der Waals surface area contributed by atoms with Crippen LogP contribution in [0.3, 0.4) is 0 Å². The molecule has 1 aliphatic carbocycles. The molecule has 0 amide bonds. The van der Waals surface area contributed by atoms with Gasteiger partial charge in [0.2, 0.25) is 0 Å². The number of methoxy groups -OCH3 is 1. The van der Waals surface area contributed by atoms with Crippen LogP contribution in [-0.2, 0) is 6.61 Å². The molecule has 0 bridgehead atoms. The predicted octanol–water partition coefficient (Wildman–Crippen LogP) is 9.84. The van der Waals surface area contributed by atoms with Crippen molar-refractivity contribution in [2.75, 3.05) is 12.4 Å². The Kier molecular flexibility index (Phi) is 7.13. The molecule has 0 spiro atoms. The molecule has 0 unspecified atom stereocenters. The van der Waals surface area contributed by atoms with E-state index in [1.807, 2.05) is 12.1 Å². The number of hydrogen-bond donors (Lipinski definition) is 1. The summed E-state index contributed by atoms with van der Waals surface area (Å²) in [5, 5.41) is 5.02. The van der Waals surface area contributed by atoms with Crippen molar-refractivity contribution in [2.45, 2.75) is 25.0 Å². The number of benzene rings is 4. The third-order valence-electron chi connectivity index (χ3n) is 7.47. The van der Waals surface area contributed by atoms with Crippen molar-refractivity contribution >= 4 is 44.8 Å². The molecule has 2 aliphatic rings. The minimum absolute atomic E-state index is 0.134. The molecule has 38 heavy (non-hydrogen) atoms. The van der Waals surface area contributed by atoms with E-state index in [1.54, 1.807) is 13.2 Å². The fraction of sp³-hybridized carbons (Fsp3) is 0.188. The Morgan fingerprint density at radius 1 is 0.947 bits per heavy atom. The summed E-state index contributed by atoms with van der Waals surface area (Å²) >= 11 is 16.1. The Labute approximate surface area is 241 Å². The van der Waals surface area contributed by atoms with E-state index in [1.165, 1.54) is 22.4 Å². The quantitative estimate of drug-likeness (QED) is 0.222. The predicted molar refractivity (Wildman–Crippen MR) is 160 cm³/mol. The van der Waals surface area contributed by atoms with Gasteiger partial charge in [0.05, 0.1) is 17.6 Å². The molecule has 0 fully saturated rings. The minimum Gasteiger partial charge on any atom is -0.493 e. The van der Waals surface area contributed by atoms with Crippen LogP contribution in [0.1, 0.15) is 35.1 Å². The van der Waals surface area contributed by atoms with Gasteiger partial charge in [0.15, 0.2) is 11.5 Å². The molecule has 4 aromatic rings. The summed E-state index contributed by atoms with van der Waals surface area (Å²) in [6.07, 6.45) is 5.70. The van der Waals surface area contributed by atoms with Gasteiger partial charge in [0, 0.05) is 27.2 Å². The van der Waals surface area contributed by atoms with Crippen molar-refractivity contribution in [3.8, 4) is 22.6 Å². The lowest BCUT2D eigenvalue weighted by atomic mass is 9.76. The molecule has 1 aliphatic heterocycles. The van der Waals surface area contributed by atoms with Crippen LogP contribution in [0, 0.1) is 5.92 Å². The first-order valence-corrected chi connectivity index (χ1v) is 14.1. The zero-order valence-corrected chi connectivity index (χ0v) is 23.9. The first-order valence-electron chi connectivity index (χ1n) is 12.6. The topological polar surface area (TPSA) is 30.5 Å². The second-order valence-corrected chi connectivity index (χ2v) is 11.4. The Balaban J connectivity index is 1.30. The normalized spacial score (nSPS) is 19.4. The molecule has 0 saturated heterocycles. The molecule has 6 heteroatoms. The highest BCUT2D eigenvalue weighted by atomic mass is 79.9. The molecular formula is C32H26BrCl2NO2. The summed E-state index contributed by atoms with van der Waals surface area (Å²) in [5.41, 5.74) is 7.02. The number of allylic oxidation sites excluding steroid dienone is 2. The summed E-state index contributed by atoms with van der Waals surface area (Å²) in [6, 6.07) is 27.1. The van der Waals surface area contributed by atoms with Crippen molar-refractivity contribution in [3.63, 3.8) is 0 Å². The summed E-state index contributed by atoms with van der Waals surface area (Å²) in [5.74, 6) is 2.08. The van der Waals surface area contributed by atoms with Crippen molar-refractivity contribution in [2.24, 2.45) is 5.92 Å². The van der Waals surface area contributed by atoms with E-state index in [9.17, 15) is 0 Å². The summed E-state index contributed by atoms with van der Waals surface area (Å²) in [7, 11) is 1.67. The maximum absolute atomic E-state index is 6.35. The van der Waals surface area contributed by atoms with Gasteiger partial charge < -0.3 is 14.8 Å². The summed E-state index contributed by atoms with van der Waals surface area (Å²) < 4.78 is 12.8. The van der Waals surface area contributed by atoms with Crippen molar-refractivity contribution < 1.29 is 9.47 Å². The van der Waals surface area contributed by atoms with Gasteiger partial charge in [-0.05, 0) is 86.9 Å². The van der Waals surface area contributed by atoms with E-state index in [0.717, 1.165) is 22.0 Å². The molecular weight excluding hydrogens is 581 g/mol. The van der Waals surface area contributed by atoms with E-state index < -0.39 is 0 Å². The van der Waals surface area contributed by atoms with E-state index in [0.29, 0.717) is 40.0 Å². The second-order valence-electron chi connectivity index (χ2n) is 9.70. The van der Waals surface area contributed by atoms with E-state index in [-0.39, 0.29) is 6.04 Å². The maximum atomic E-state index is 6.35. The molecule has 6 rings (SSSR count). The van der Waals surface area contributed by atoms with Crippen molar-refractivity contribution in [1.29, 1.82) is 0 Å². The van der Waals surface area contributed by atoms with Gasteiger partial charge in [-0.2, -0.15) is 0 Å². The highest BCUT2D eigenvalue weighted by Crippen LogP contribution is 2.52. The van der Waals surface area contributed by atoms with Gasteiger partial charge in [-0.1, -0.05) is 77.8 Å². The zero-order valence-electron chi connectivity index (χ0n) is 20.8. The van der Waals surface area contributed by atoms with Gasteiger partial charge >= 0.3 is 0 Å². The SMILES string of the molecule is COc1cc([C@@H]2Nc3ccc(-c4ccccc4)cc3[C@@H]3C=CC[C@@H]32)cc(Br)c1OCc1ccc(Cl)cc1Cl. The fourth-order valence-corrected chi connectivity index (χ4v) is 6.62. The first kappa shape index (κ1) is 25.4. The second kappa shape index (κ2) is 10.7. The molecule has 1 heterocycles. The van der Waals surface area contributed by atoms with E-state index in [2.05, 4.69) is 94.1 Å². The number of nitrogens with one attached hydrogen (secondary N) is 1. The number of ether oxygens (including phenoxy) is 2. The van der Waals surface area contributed by atoms with Gasteiger partial charge in [-0.15, -0.1) is 0 Å². The number of halogens is 3. The number of rotatable bonds is 6. The Morgan fingerprint density at radius 2 is 1.79 bits per heavy atom. The Bertz CT molecular complexity index is 1520. The van der Waals surface area contributed by atoms with E-state index >= 15 is 0 Å². The lowest BCUT2D eigenvalue weighted by Crippen LogP contribution is -2.29. The van der Waals surface area contributed by atoms with Gasteiger partial charge in [-0.3, -0.25) is 0 Å². The molecule has 0 radical (unpaired) electrons. The molecule has 4 aromatic carbocycles. The summed E-state index contributed by atoms with van der Waals surface area (Å²) in [6.45, 7) is 0.303. The Morgan fingerprint density at radius 3 is 2.58 bits per heavy atom. The van der Waals surface area contributed by atoms with Gasteiger partial charge in [0.1, 0.15) is 6.61 Å². The monoisotopic (exact) mass is 605 g/mol. The van der Waals surface area contributed by atoms with Crippen LogP contribution in [0.5, 0.6) is 11.5 Å². The average Bonchev–Trinajstić information content (AvgIpc) is 3.43. The lowest BCUT2D eigenvalue weighted by Gasteiger charge is -2.38. The van der Waals surface area contributed by atoms with Crippen LogP contribution < -0.4 is 14.8 Å².